The molecule has 0 amide bonds. The summed E-state index contributed by atoms with van der Waals surface area (Å²) in [6.07, 6.45) is 3.76. The molecule has 0 saturated heterocycles. The van der Waals surface area contributed by atoms with Crippen molar-refractivity contribution in [3.63, 3.8) is 0 Å². The Morgan fingerprint density at radius 1 is 1.00 bits per heavy atom. The number of ether oxygens (including phenoxy) is 3. The van der Waals surface area contributed by atoms with Gasteiger partial charge in [-0.1, -0.05) is 31.9 Å². The minimum Gasteiger partial charge on any atom is -0.508 e. The zero-order valence-electron chi connectivity index (χ0n) is 15.4. The normalized spacial score (nSPS) is 10.4. The smallest absolute Gasteiger partial charge is 0.338 e. The number of phenols is 1. The summed E-state index contributed by atoms with van der Waals surface area (Å²) < 4.78 is 16.4. The Morgan fingerprint density at radius 3 is 2.46 bits per heavy atom. The number of hydrogen-bond acceptors (Lipinski definition) is 5. The highest BCUT2D eigenvalue weighted by Crippen LogP contribution is 2.28. The third-order valence-corrected chi connectivity index (χ3v) is 3.97. The predicted molar refractivity (Wildman–Crippen MR) is 100 cm³/mol. The second-order valence-electron chi connectivity index (χ2n) is 5.97. The van der Waals surface area contributed by atoms with Gasteiger partial charge in [0, 0.05) is 6.42 Å². The third kappa shape index (κ3) is 5.99. The first-order valence-corrected chi connectivity index (χ1v) is 8.90. The standard InChI is InChI=1S/C21H26O5/c1-3-4-5-13-25-20-15-17(8-11-19(20)24-2)21(23)26-14-12-16-6-9-18(22)10-7-16/h6-11,15,22H,3-5,12-14H2,1-2H3. The molecule has 0 heterocycles. The number of methoxy groups -OCH3 is 1. The first-order valence-electron chi connectivity index (χ1n) is 8.90. The van der Waals surface area contributed by atoms with E-state index in [4.69, 9.17) is 14.2 Å². The van der Waals surface area contributed by atoms with Crippen LogP contribution in [0.2, 0.25) is 0 Å². The van der Waals surface area contributed by atoms with E-state index in [1.807, 2.05) is 0 Å². The molecule has 0 radical (unpaired) electrons. The molecule has 0 aromatic heterocycles. The summed E-state index contributed by atoms with van der Waals surface area (Å²) in [7, 11) is 1.57. The number of aromatic hydroxyl groups is 1. The number of hydrogen-bond donors (Lipinski definition) is 1. The summed E-state index contributed by atoms with van der Waals surface area (Å²) in [5.74, 6) is 0.971. The van der Waals surface area contributed by atoms with Crippen molar-refractivity contribution in [1.29, 1.82) is 0 Å². The molecule has 2 aromatic rings. The van der Waals surface area contributed by atoms with Gasteiger partial charge in [-0.05, 0) is 42.3 Å². The van der Waals surface area contributed by atoms with E-state index in [-0.39, 0.29) is 12.4 Å². The van der Waals surface area contributed by atoms with Crippen LogP contribution < -0.4 is 9.47 Å². The molecule has 140 valence electrons. The van der Waals surface area contributed by atoms with Gasteiger partial charge in [0.15, 0.2) is 11.5 Å². The highest BCUT2D eigenvalue weighted by atomic mass is 16.5. The molecule has 5 heteroatoms. The first-order chi connectivity index (χ1) is 12.6. The summed E-state index contributed by atoms with van der Waals surface area (Å²) in [6.45, 7) is 2.99. The zero-order valence-corrected chi connectivity index (χ0v) is 15.4. The van der Waals surface area contributed by atoms with Crippen LogP contribution in [0.1, 0.15) is 42.1 Å². The van der Waals surface area contributed by atoms with Gasteiger partial charge in [-0.2, -0.15) is 0 Å². The molecule has 0 aliphatic rings. The average molecular weight is 358 g/mol. The van der Waals surface area contributed by atoms with Crippen molar-refractivity contribution >= 4 is 5.97 Å². The molecule has 0 saturated carbocycles. The number of carbonyl (C=O) groups excluding carboxylic acids is 1. The number of benzene rings is 2. The van der Waals surface area contributed by atoms with E-state index in [0.29, 0.717) is 30.1 Å². The summed E-state index contributed by atoms with van der Waals surface area (Å²) in [5, 5.41) is 9.27. The van der Waals surface area contributed by atoms with E-state index in [2.05, 4.69) is 6.92 Å². The van der Waals surface area contributed by atoms with Crippen LogP contribution in [-0.4, -0.2) is 31.4 Å². The molecular weight excluding hydrogens is 332 g/mol. The fraction of sp³-hybridized carbons (Fsp3) is 0.381. The van der Waals surface area contributed by atoms with Crippen LogP contribution >= 0.6 is 0 Å². The topological polar surface area (TPSA) is 65.0 Å². The number of phenolic OH excluding ortho intramolecular Hbond substituents is 1. The van der Waals surface area contributed by atoms with Crippen molar-refractivity contribution in [2.24, 2.45) is 0 Å². The molecule has 0 unspecified atom stereocenters. The van der Waals surface area contributed by atoms with Crippen LogP contribution in [0.4, 0.5) is 0 Å². The van der Waals surface area contributed by atoms with Gasteiger partial charge >= 0.3 is 5.97 Å². The molecule has 0 aliphatic carbocycles. The monoisotopic (exact) mass is 358 g/mol. The summed E-state index contributed by atoms with van der Waals surface area (Å²) in [6, 6.07) is 11.9. The van der Waals surface area contributed by atoms with Crippen molar-refractivity contribution in [1.82, 2.24) is 0 Å². The molecular formula is C21H26O5. The van der Waals surface area contributed by atoms with E-state index in [9.17, 15) is 9.90 Å². The second kappa shape index (κ2) is 10.3. The Morgan fingerprint density at radius 2 is 1.77 bits per heavy atom. The van der Waals surface area contributed by atoms with E-state index in [0.717, 1.165) is 24.8 Å². The average Bonchev–Trinajstić information content (AvgIpc) is 2.66. The van der Waals surface area contributed by atoms with Crippen molar-refractivity contribution < 1.29 is 24.1 Å². The SMILES string of the molecule is CCCCCOc1cc(C(=O)OCCc2ccc(O)cc2)ccc1OC. The molecule has 0 spiro atoms. The number of unbranched alkanes of at least 4 members (excludes halogenated alkanes) is 2. The van der Waals surface area contributed by atoms with Gasteiger partial charge in [0.05, 0.1) is 25.9 Å². The minimum atomic E-state index is -0.398. The van der Waals surface area contributed by atoms with Crippen LogP contribution in [0.15, 0.2) is 42.5 Å². The third-order valence-electron chi connectivity index (χ3n) is 3.97. The summed E-state index contributed by atoms with van der Waals surface area (Å²) in [5.41, 5.74) is 1.42. The lowest BCUT2D eigenvalue weighted by Gasteiger charge is -2.12. The zero-order chi connectivity index (χ0) is 18.8. The minimum absolute atomic E-state index is 0.218. The molecule has 1 N–H and O–H groups in total. The number of esters is 1. The van der Waals surface area contributed by atoms with Crippen LogP contribution in [0.3, 0.4) is 0 Å². The fourth-order valence-electron chi connectivity index (χ4n) is 2.46. The van der Waals surface area contributed by atoms with E-state index >= 15 is 0 Å². The fourth-order valence-corrected chi connectivity index (χ4v) is 2.46. The highest BCUT2D eigenvalue weighted by Gasteiger charge is 2.12. The molecule has 0 bridgehead atoms. The van der Waals surface area contributed by atoms with Gasteiger partial charge in [0.1, 0.15) is 5.75 Å². The molecule has 2 aromatic carbocycles. The van der Waals surface area contributed by atoms with Crippen LogP contribution in [0.25, 0.3) is 0 Å². The van der Waals surface area contributed by atoms with E-state index in [1.54, 1.807) is 49.6 Å². The van der Waals surface area contributed by atoms with Gasteiger partial charge in [0.25, 0.3) is 0 Å². The van der Waals surface area contributed by atoms with E-state index < -0.39 is 5.97 Å². The van der Waals surface area contributed by atoms with Crippen LogP contribution in [0, 0.1) is 0 Å². The Labute approximate surface area is 154 Å². The Kier molecular flexibility index (Phi) is 7.80. The highest BCUT2D eigenvalue weighted by molar-refractivity contribution is 5.90. The van der Waals surface area contributed by atoms with Crippen molar-refractivity contribution in [3.8, 4) is 17.2 Å². The molecule has 5 nitrogen and oxygen atoms in total. The lowest BCUT2D eigenvalue weighted by atomic mass is 10.1. The van der Waals surface area contributed by atoms with Gasteiger partial charge in [0.2, 0.25) is 0 Å². The maximum absolute atomic E-state index is 12.3. The first kappa shape index (κ1) is 19.6. The van der Waals surface area contributed by atoms with Gasteiger partial charge in [-0.25, -0.2) is 4.79 Å². The Bertz CT molecular complexity index is 694. The maximum Gasteiger partial charge on any atom is 0.338 e. The number of carbonyl (C=O) groups is 1. The molecule has 0 fully saturated rings. The summed E-state index contributed by atoms with van der Waals surface area (Å²) >= 11 is 0. The predicted octanol–water partition coefficient (Wildman–Crippen LogP) is 4.37. The van der Waals surface area contributed by atoms with Gasteiger partial charge in [-0.3, -0.25) is 0 Å². The van der Waals surface area contributed by atoms with Crippen molar-refractivity contribution in [2.45, 2.75) is 32.6 Å². The van der Waals surface area contributed by atoms with Crippen LogP contribution in [0.5, 0.6) is 17.2 Å². The van der Waals surface area contributed by atoms with Crippen molar-refractivity contribution in [2.75, 3.05) is 20.3 Å². The largest absolute Gasteiger partial charge is 0.508 e. The summed E-state index contributed by atoms with van der Waals surface area (Å²) in [4.78, 5) is 12.3. The second-order valence-corrected chi connectivity index (χ2v) is 5.97. The Hall–Kier alpha value is -2.69. The molecule has 26 heavy (non-hydrogen) atoms. The van der Waals surface area contributed by atoms with Gasteiger partial charge < -0.3 is 19.3 Å². The van der Waals surface area contributed by atoms with Crippen LogP contribution in [-0.2, 0) is 11.2 Å². The molecule has 0 atom stereocenters. The van der Waals surface area contributed by atoms with Gasteiger partial charge in [-0.15, -0.1) is 0 Å². The lowest BCUT2D eigenvalue weighted by Crippen LogP contribution is -2.09. The molecule has 0 aliphatic heterocycles. The Balaban J connectivity index is 1.91. The van der Waals surface area contributed by atoms with E-state index in [1.165, 1.54) is 0 Å². The molecule has 2 rings (SSSR count). The lowest BCUT2D eigenvalue weighted by molar-refractivity contribution is 0.0508. The quantitative estimate of drug-likeness (QED) is 0.505. The van der Waals surface area contributed by atoms with Crippen molar-refractivity contribution in [3.05, 3.63) is 53.6 Å². The maximum atomic E-state index is 12.3. The number of rotatable bonds is 10.